The summed E-state index contributed by atoms with van der Waals surface area (Å²) in [6.07, 6.45) is 10.9. The quantitative estimate of drug-likeness (QED) is 0.851. The van der Waals surface area contributed by atoms with Gasteiger partial charge in [0.25, 0.3) is 0 Å². The Morgan fingerprint density at radius 2 is 2.24 bits per heavy atom. The van der Waals surface area contributed by atoms with Gasteiger partial charge in [-0.25, -0.2) is 0 Å². The Labute approximate surface area is 125 Å². The zero-order chi connectivity index (χ0) is 14.4. The van der Waals surface area contributed by atoms with Gasteiger partial charge in [0.05, 0.1) is 11.9 Å². The van der Waals surface area contributed by atoms with Crippen molar-refractivity contribution >= 4 is 11.6 Å². The van der Waals surface area contributed by atoms with Crippen LogP contribution in [0.3, 0.4) is 0 Å². The molecule has 0 N–H and O–H groups in total. The molecule has 1 amide bonds. The number of amides is 1. The Balaban J connectivity index is 1.57. The first-order valence-electron chi connectivity index (χ1n) is 8.20. The number of aromatic nitrogens is 2. The molecule has 0 aromatic carbocycles. The maximum Gasteiger partial charge on any atom is 0.229 e. The number of anilines is 1. The molecule has 1 aliphatic carbocycles. The minimum atomic E-state index is 0.0910. The molecule has 5 heteroatoms. The second kappa shape index (κ2) is 4.83. The van der Waals surface area contributed by atoms with Gasteiger partial charge in [-0.15, -0.1) is 0 Å². The predicted octanol–water partition coefficient (Wildman–Crippen LogP) is 1.79. The van der Waals surface area contributed by atoms with E-state index in [0.29, 0.717) is 6.42 Å². The lowest BCUT2D eigenvalue weighted by molar-refractivity contribution is -0.118. The molecule has 114 valence electrons. The minimum Gasteiger partial charge on any atom is -0.308 e. The summed E-state index contributed by atoms with van der Waals surface area (Å²) in [5, 5.41) is 4.22. The Morgan fingerprint density at radius 1 is 1.38 bits per heavy atom. The van der Waals surface area contributed by atoms with Crippen LogP contribution in [-0.4, -0.2) is 45.8 Å². The molecule has 2 aliphatic heterocycles. The average Bonchev–Trinajstić information content (AvgIpc) is 3.08. The molecular weight excluding hydrogens is 264 g/mol. The van der Waals surface area contributed by atoms with E-state index in [0.717, 1.165) is 18.2 Å². The Hall–Kier alpha value is -1.36. The lowest BCUT2D eigenvalue weighted by Gasteiger charge is -2.44. The van der Waals surface area contributed by atoms with Crippen LogP contribution in [0.2, 0.25) is 0 Å². The predicted molar refractivity (Wildman–Crippen MR) is 81.1 cm³/mol. The topological polar surface area (TPSA) is 41.4 Å². The highest BCUT2D eigenvalue weighted by atomic mass is 16.2. The van der Waals surface area contributed by atoms with Crippen LogP contribution in [0.15, 0.2) is 12.4 Å². The van der Waals surface area contributed by atoms with Gasteiger partial charge >= 0.3 is 0 Å². The summed E-state index contributed by atoms with van der Waals surface area (Å²) >= 11 is 0. The molecule has 1 atom stereocenters. The highest BCUT2D eigenvalue weighted by molar-refractivity contribution is 5.96. The lowest BCUT2D eigenvalue weighted by Crippen LogP contribution is -2.54. The van der Waals surface area contributed by atoms with Crippen molar-refractivity contribution in [2.24, 2.45) is 13.0 Å². The van der Waals surface area contributed by atoms with E-state index in [1.165, 1.54) is 45.2 Å². The first-order chi connectivity index (χ1) is 10.2. The molecule has 4 rings (SSSR count). The molecule has 3 aliphatic rings. The number of hydrogen-bond acceptors (Lipinski definition) is 3. The fraction of sp³-hybridized carbons (Fsp3) is 0.750. The molecule has 1 unspecified atom stereocenters. The van der Waals surface area contributed by atoms with Crippen LogP contribution >= 0.6 is 0 Å². The molecule has 0 bridgehead atoms. The first kappa shape index (κ1) is 13.3. The van der Waals surface area contributed by atoms with Gasteiger partial charge < -0.3 is 4.90 Å². The number of aryl methyl sites for hydroxylation is 1. The summed E-state index contributed by atoms with van der Waals surface area (Å²) in [5.41, 5.74) is 1.05. The van der Waals surface area contributed by atoms with E-state index in [1.54, 1.807) is 4.68 Å². The number of piperidine rings is 1. The molecule has 2 saturated heterocycles. The molecule has 3 heterocycles. The van der Waals surface area contributed by atoms with Crippen molar-refractivity contribution in [3.8, 4) is 0 Å². The molecule has 0 radical (unpaired) electrons. The first-order valence-corrected chi connectivity index (χ1v) is 8.20. The molecular formula is C16H24N4O. The van der Waals surface area contributed by atoms with E-state index >= 15 is 0 Å². The number of likely N-dealkylation sites (tertiary alicyclic amines) is 1. The van der Waals surface area contributed by atoms with Gasteiger partial charge in [-0.3, -0.25) is 14.4 Å². The maximum absolute atomic E-state index is 12.6. The van der Waals surface area contributed by atoms with Crippen LogP contribution in [0.5, 0.6) is 0 Å². The van der Waals surface area contributed by atoms with E-state index in [4.69, 9.17) is 0 Å². The van der Waals surface area contributed by atoms with Crippen molar-refractivity contribution in [2.45, 2.75) is 44.1 Å². The van der Waals surface area contributed by atoms with E-state index in [2.05, 4.69) is 10.00 Å². The van der Waals surface area contributed by atoms with Gasteiger partial charge in [0.1, 0.15) is 0 Å². The van der Waals surface area contributed by atoms with E-state index in [9.17, 15) is 4.79 Å². The third-order valence-corrected chi connectivity index (χ3v) is 5.40. The third-order valence-electron chi connectivity index (χ3n) is 5.40. The summed E-state index contributed by atoms with van der Waals surface area (Å²) in [6, 6.07) is 0. The van der Waals surface area contributed by atoms with Crippen molar-refractivity contribution in [2.75, 3.05) is 24.5 Å². The van der Waals surface area contributed by atoms with Gasteiger partial charge in [0, 0.05) is 38.3 Å². The van der Waals surface area contributed by atoms with Crippen molar-refractivity contribution in [3.63, 3.8) is 0 Å². The third kappa shape index (κ3) is 2.37. The zero-order valence-corrected chi connectivity index (χ0v) is 12.8. The highest BCUT2D eigenvalue weighted by Crippen LogP contribution is 2.41. The van der Waals surface area contributed by atoms with Crippen LogP contribution in [0.4, 0.5) is 5.69 Å². The fourth-order valence-electron chi connectivity index (χ4n) is 4.03. The van der Waals surface area contributed by atoms with E-state index in [-0.39, 0.29) is 11.4 Å². The minimum absolute atomic E-state index is 0.0910. The SMILES string of the molecule is Cn1cc(N2CC3(CCCCN3CC3CC3)CC2=O)cn1. The Bertz CT molecular complexity index is 550. The monoisotopic (exact) mass is 288 g/mol. The van der Waals surface area contributed by atoms with E-state index < -0.39 is 0 Å². The van der Waals surface area contributed by atoms with Crippen molar-refractivity contribution in [1.29, 1.82) is 0 Å². The normalized spacial score (nSPS) is 30.5. The molecule has 1 saturated carbocycles. The molecule has 21 heavy (non-hydrogen) atoms. The van der Waals surface area contributed by atoms with Crippen molar-refractivity contribution in [1.82, 2.24) is 14.7 Å². The number of rotatable bonds is 3. The van der Waals surface area contributed by atoms with Gasteiger partial charge in [-0.05, 0) is 38.1 Å². The van der Waals surface area contributed by atoms with Crippen LogP contribution in [0, 0.1) is 5.92 Å². The van der Waals surface area contributed by atoms with Crippen LogP contribution in [-0.2, 0) is 11.8 Å². The molecule has 5 nitrogen and oxygen atoms in total. The Morgan fingerprint density at radius 3 is 2.95 bits per heavy atom. The smallest absolute Gasteiger partial charge is 0.229 e. The summed E-state index contributed by atoms with van der Waals surface area (Å²) in [5.74, 6) is 1.16. The van der Waals surface area contributed by atoms with Gasteiger partial charge in [0.15, 0.2) is 0 Å². The zero-order valence-electron chi connectivity index (χ0n) is 12.8. The van der Waals surface area contributed by atoms with Crippen LogP contribution in [0.25, 0.3) is 0 Å². The van der Waals surface area contributed by atoms with E-state index in [1.807, 2.05) is 24.3 Å². The van der Waals surface area contributed by atoms with Crippen LogP contribution < -0.4 is 4.90 Å². The molecule has 1 aromatic rings. The van der Waals surface area contributed by atoms with Gasteiger partial charge in [0.2, 0.25) is 5.91 Å². The number of hydrogen-bond donors (Lipinski definition) is 0. The standard InChI is InChI=1S/C16H24N4O/c1-18-11-14(9-17-18)20-12-16(8-15(20)21)6-2-3-7-19(16)10-13-4-5-13/h9,11,13H,2-8,10,12H2,1H3. The second-order valence-corrected chi connectivity index (χ2v) is 7.10. The Kier molecular flexibility index (Phi) is 3.06. The number of carbonyl (C=O) groups excluding carboxylic acids is 1. The van der Waals surface area contributed by atoms with Gasteiger partial charge in [-0.2, -0.15) is 5.10 Å². The summed E-state index contributed by atoms with van der Waals surface area (Å²) in [6.45, 7) is 3.23. The summed E-state index contributed by atoms with van der Waals surface area (Å²) < 4.78 is 1.77. The summed E-state index contributed by atoms with van der Waals surface area (Å²) in [7, 11) is 1.90. The van der Waals surface area contributed by atoms with Crippen molar-refractivity contribution in [3.05, 3.63) is 12.4 Å². The summed E-state index contributed by atoms with van der Waals surface area (Å²) in [4.78, 5) is 17.2. The number of nitrogens with zero attached hydrogens (tertiary/aromatic N) is 4. The highest BCUT2D eigenvalue weighted by Gasteiger charge is 2.49. The maximum atomic E-state index is 12.6. The molecule has 1 aromatic heterocycles. The second-order valence-electron chi connectivity index (χ2n) is 7.10. The fourth-order valence-corrected chi connectivity index (χ4v) is 4.03. The van der Waals surface area contributed by atoms with Crippen molar-refractivity contribution < 1.29 is 4.79 Å². The molecule has 1 spiro atoms. The van der Waals surface area contributed by atoms with Crippen LogP contribution in [0.1, 0.15) is 38.5 Å². The van der Waals surface area contributed by atoms with Gasteiger partial charge in [-0.1, -0.05) is 6.42 Å². The number of carbonyl (C=O) groups is 1. The molecule has 3 fully saturated rings. The largest absolute Gasteiger partial charge is 0.308 e. The average molecular weight is 288 g/mol. The lowest BCUT2D eigenvalue weighted by atomic mass is 9.85.